The fraction of sp³-hybridized carbons (Fsp3) is 0.750. The molecule has 1 saturated carbocycles. The van der Waals surface area contributed by atoms with Crippen molar-refractivity contribution in [2.24, 2.45) is 5.41 Å². The number of rotatable bonds is 7. The molecule has 6 heteroatoms. The molecule has 0 saturated heterocycles. The van der Waals surface area contributed by atoms with Crippen LogP contribution in [0, 0.1) is 5.41 Å². The van der Waals surface area contributed by atoms with E-state index in [1.165, 1.54) is 0 Å². The second-order valence-electron chi connectivity index (χ2n) is 8.12. The second kappa shape index (κ2) is 9.02. The molecule has 2 atom stereocenters. The van der Waals surface area contributed by atoms with E-state index in [2.05, 4.69) is 10.6 Å². The van der Waals surface area contributed by atoms with Gasteiger partial charge in [-0.1, -0.05) is 20.8 Å². The van der Waals surface area contributed by atoms with E-state index >= 15 is 0 Å². The number of aliphatic hydroxyl groups is 2. The molecule has 0 radical (unpaired) electrons. The monoisotopic (exact) mass is 366 g/mol. The summed E-state index contributed by atoms with van der Waals surface area (Å²) < 4.78 is 5.84. The van der Waals surface area contributed by atoms with Gasteiger partial charge in [-0.25, -0.2) is 0 Å². The Morgan fingerprint density at radius 1 is 1.35 bits per heavy atom. The zero-order chi connectivity index (χ0) is 19.3. The fourth-order valence-electron chi connectivity index (χ4n) is 3.30. The first-order valence-electron chi connectivity index (χ1n) is 9.71. The lowest BCUT2D eigenvalue weighted by atomic mass is 9.83. The minimum Gasteiger partial charge on any atom is -0.471 e. The number of amides is 1. The van der Waals surface area contributed by atoms with Crippen LogP contribution >= 0.6 is 0 Å². The molecule has 1 heterocycles. The smallest absolute Gasteiger partial charge is 0.243 e. The highest BCUT2D eigenvalue weighted by Crippen LogP contribution is 2.31. The van der Waals surface area contributed by atoms with Crippen LogP contribution < -0.4 is 10.6 Å². The van der Waals surface area contributed by atoms with Crippen molar-refractivity contribution in [3.8, 4) is 0 Å². The van der Waals surface area contributed by atoms with Crippen molar-refractivity contribution in [3.63, 3.8) is 0 Å². The van der Waals surface area contributed by atoms with Gasteiger partial charge in [-0.3, -0.25) is 10.1 Å². The number of hydrogen-bond donors (Lipinski definition) is 4. The van der Waals surface area contributed by atoms with Gasteiger partial charge < -0.3 is 20.3 Å². The molecule has 1 amide bonds. The first kappa shape index (κ1) is 20.9. The molecule has 6 nitrogen and oxygen atoms in total. The predicted molar refractivity (Wildman–Crippen MR) is 101 cm³/mol. The van der Waals surface area contributed by atoms with Crippen LogP contribution in [0.1, 0.15) is 59.8 Å². The first-order chi connectivity index (χ1) is 12.2. The van der Waals surface area contributed by atoms with Gasteiger partial charge in [-0.05, 0) is 50.7 Å². The van der Waals surface area contributed by atoms with Gasteiger partial charge in [0, 0.05) is 17.5 Å². The number of carbonyl (C=O) groups is 1. The summed E-state index contributed by atoms with van der Waals surface area (Å²) in [4.78, 5) is 12.6. The molecule has 2 aliphatic rings. The van der Waals surface area contributed by atoms with E-state index in [9.17, 15) is 15.0 Å². The van der Waals surface area contributed by atoms with Crippen molar-refractivity contribution in [2.75, 3.05) is 6.61 Å². The molecule has 0 spiro atoms. The lowest BCUT2D eigenvalue weighted by Crippen LogP contribution is -2.48. The average Bonchev–Trinajstić information content (AvgIpc) is 2.63. The average molecular weight is 367 g/mol. The maximum atomic E-state index is 12.6. The van der Waals surface area contributed by atoms with Crippen molar-refractivity contribution in [1.82, 2.24) is 10.6 Å². The van der Waals surface area contributed by atoms with Gasteiger partial charge in [0.1, 0.15) is 6.10 Å². The Kier molecular flexibility index (Phi) is 7.26. The second-order valence-corrected chi connectivity index (χ2v) is 8.12. The topological polar surface area (TPSA) is 90.8 Å². The Bertz CT molecular complexity index is 548. The SMILES string of the molecule is CCC1C=C(C(C)(C)CO)C=C(NC(=O)C(C)NC2CCC(O)CC2)O1. The third kappa shape index (κ3) is 5.56. The van der Waals surface area contributed by atoms with E-state index in [1.54, 1.807) is 0 Å². The van der Waals surface area contributed by atoms with Crippen molar-refractivity contribution < 1.29 is 19.7 Å². The molecular formula is C20H34N2O4. The van der Waals surface area contributed by atoms with Gasteiger partial charge in [-0.2, -0.15) is 0 Å². The first-order valence-corrected chi connectivity index (χ1v) is 9.71. The third-order valence-electron chi connectivity index (χ3n) is 5.33. The van der Waals surface area contributed by atoms with E-state index in [1.807, 2.05) is 39.8 Å². The zero-order valence-electron chi connectivity index (χ0n) is 16.4. The summed E-state index contributed by atoms with van der Waals surface area (Å²) in [6, 6.07) is -0.0902. The largest absolute Gasteiger partial charge is 0.471 e. The maximum absolute atomic E-state index is 12.6. The summed E-state index contributed by atoms with van der Waals surface area (Å²) in [5.41, 5.74) is 0.579. The molecule has 1 fully saturated rings. The standard InChI is InChI=1S/C20H34N2O4/c1-5-17-10-14(20(3,4)12-23)11-18(26-17)22-19(25)13(2)21-15-6-8-16(24)9-7-15/h10-11,13,15-17,21,23-24H,5-9,12H2,1-4H3,(H,22,25). The summed E-state index contributed by atoms with van der Waals surface area (Å²) in [6.07, 6.45) is 7.62. The molecular weight excluding hydrogens is 332 g/mol. The number of ether oxygens (including phenoxy) is 1. The Hall–Kier alpha value is -1.37. The molecule has 0 bridgehead atoms. The molecule has 0 aromatic rings. The van der Waals surface area contributed by atoms with Gasteiger partial charge in [0.05, 0.1) is 18.8 Å². The van der Waals surface area contributed by atoms with Crippen LogP contribution in [0.2, 0.25) is 0 Å². The molecule has 1 aliphatic carbocycles. The summed E-state index contributed by atoms with van der Waals surface area (Å²) >= 11 is 0. The molecule has 26 heavy (non-hydrogen) atoms. The van der Waals surface area contributed by atoms with Crippen molar-refractivity contribution in [1.29, 1.82) is 0 Å². The zero-order valence-corrected chi connectivity index (χ0v) is 16.4. The Morgan fingerprint density at radius 2 is 2.00 bits per heavy atom. The van der Waals surface area contributed by atoms with Gasteiger partial charge in [-0.15, -0.1) is 0 Å². The molecule has 148 valence electrons. The minimum atomic E-state index is -0.389. The molecule has 4 N–H and O–H groups in total. The van der Waals surface area contributed by atoms with Crippen molar-refractivity contribution in [3.05, 3.63) is 23.6 Å². The predicted octanol–water partition coefficient (Wildman–Crippen LogP) is 1.98. The molecule has 0 aromatic heterocycles. The molecule has 0 aromatic carbocycles. The van der Waals surface area contributed by atoms with Crippen LogP contribution in [0.25, 0.3) is 0 Å². The number of aliphatic hydroxyl groups excluding tert-OH is 2. The van der Waals surface area contributed by atoms with Gasteiger partial charge in [0.25, 0.3) is 0 Å². The van der Waals surface area contributed by atoms with E-state index in [4.69, 9.17) is 4.74 Å². The molecule has 2 unspecified atom stereocenters. The maximum Gasteiger partial charge on any atom is 0.243 e. The van der Waals surface area contributed by atoms with Crippen LogP contribution in [0.5, 0.6) is 0 Å². The summed E-state index contributed by atoms with van der Waals surface area (Å²) in [5.74, 6) is 0.300. The van der Waals surface area contributed by atoms with E-state index in [0.717, 1.165) is 37.7 Å². The number of nitrogens with one attached hydrogen (secondary N) is 2. The highest BCUT2D eigenvalue weighted by molar-refractivity contribution is 5.82. The molecule has 2 rings (SSSR count). The van der Waals surface area contributed by atoms with Crippen molar-refractivity contribution >= 4 is 5.91 Å². The number of hydrogen-bond acceptors (Lipinski definition) is 5. The normalized spacial score (nSPS) is 27.8. The van der Waals surface area contributed by atoms with Gasteiger partial charge >= 0.3 is 0 Å². The molecule has 1 aliphatic heterocycles. The summed E-state index contributed by atoms with van der Waals surface area (Å²) in [7, 11) is 0. The fourth-order valence-corrected chi connectivity index (χ4v) is 3.30. The number of allylic oxidation sites excluding steroid dienone is 1. The highest BCUT2D eigenvalue weighted by Gasteiger charge is 2.28. The van der Waals surface area contributed by atoms with Crippen LogP contribution in [0.4, 0.5) is 0 Å². The van der Waals surface area contributed by atoms with Crippen molar-refractivity contribution in [2.45, 2.75) is 84.1 Å². The lowest BCUT2D eigenvalue weighted by molar-refractivity contribution is -0.123. The third-order valence-corrected chi connectivity index (χ3v) is 5.33. The van der Waals surface area contributed by atoms with E-state index in [-0.39, 0.29) is 42.2 Å². The summed E-state index contributed by atoms with van der Waals surface area (Å²) in [5, 5.41) is 25.4. The highest BCUT2D eigenvalue weighted by atomic mass is 16.5. The van der Waals surface area contributed by atoms with Gasteiger partial charge in [0.2, 0.25) is 5.91 Å². The summed E-state index contributed by atoms with van der Waals surface area (Å²) in [6.45, 7) is 7.83. The van der Waals surface area contributed by atoms with E-state index in [0.29, 0.717) is 5.88 Å². The number of carbonyl (C=O) groups excluding carboxylic acids is 1. The Balaban J connectivity index is 1.97. The van der Waals surface area contributed by atoms with E-state index < -0.39 is 0 Å². The van der Waals surface area contributed by atoms with Crippen LogP contribution in [0.3, 0.4) is 0 Å². The lowest BCUT2D eigenvalue weighted by Gasteiger charge is -2.31. The van der Waals surface area contributed by atoms with Crippen LogP contribution in [-0.2, 0) is 9.53 Å². The van der Waals surface area contributed by atoms with Crippen LogP contribution in [-0.4, -0.2) is 47.0 Å². The Morgan fingerprint density at radius 3 is 2.58 bits per heavy atom. The van der Waals surface area contributed by atoms with Gasteiger partial charge in [0.15, 0.2) is 5.88 Å². The van der Waals surface area contributed by atoms with Crippen LogP contribution in [0.15, 0.2) is 23.6 Å². The quantitative estimate of drug-likeness (QED) is 0.553. The minimum absolute atomic E-state index is 0.0263. The Labute approximate surface area is 156 Å².